The van der Waals surface area contributed by atoms with Crippen LogP contribution in [0.4, 0.5) is 5.00 Å². The summed E-state index contributed by atoms with van der Waals surface area (Å²) in [6, 6.07) is 10.5. The molecule has 0 atom stereocenters. The average Bonchev–Trinajstić information content (AvgIpc) is 2.90. The van der Waals surface area contributed by atoms with Gasteiger partial charge in [-0.25, -0.2) is 4.79 Å². The quantitative estimate of drug-likeness (QED) is 0.865. The van der Waals surface area contributed by atoms with Crippen molar-refractivity contribution in [1.29, 1.82) is 5.26 Å². The predicted octanol–water partition coefficient (Wildman–Crippen LogP) is 2.94. The highest BCUT2D eigenvalue weighted by atomic mass is 32.1. The summed E-state index contributed by atoms with van der Waals surface area (Å²) in [5, 5.41) is 9.80. The number of carbonyl (C=O) groups is 1. The van der Waals surface area contributed by atoms with Crippen LogP contribution < -0.4 is 5.73 Å². The second kappa shape index (κ2) is 7.04. The molecule has 1 aromatic carbocycles. The van der Waals surface area contributed by atoms with Gasteiger partial charge in [0.15, 0.2) is 0 Å². The molecule has 24 heavy (non-hydrogen) atoms. The van der Waals surface area contributed by atoms with Gasteiger partial charge in [-0.1, -0.05) is 24.3 Å². The Bertz CT molecular complexity index is 807. The Morgan fingerprint density at radius 3 is 2.88 bits per heavy atom. The highest BCUT2D eigenvalue weighted by Gasteiger charge is 2.25. The number of hydrogen-bond acceptors (Lipinski definition) is 6. The van der Waals surface area contributed by atoms with Crippen LogP contribution in [-0.4, -0.2) is 24.0 Å². The lowest BCUT2D eigenvalue weighted by atomic mass is 9.99. The molecule has 5 nitrogen and oxygen atoms in total. The van der Waals surface area contributed by atoms with Crippen LogP contribution in [0.2, 0.25) is 0 Å². The number of ether oxygens (including phenoxy) is 1. The van der Waals surface area contributed by atoms with Crippen LogP contribution >= 0.6 is 11.3 Å². The van der Waals surface area contributed by atoms with E-state index in [0.29, 0.717) is 34.2 Å². The maximum absolute atomic E-state index is 12.2. The largest absolute Gasteiger partial charge is 0.462 e. The molecule has 124 valence electrons. The van der Waals surface area contributed by atoms with Crippen molar-refractivity contribution in [2.45, 2.75) is 26.4 Å². The number of benzene rings is 1. The monoisotopic (exact) mass is 341 g/mol. The summed E-state index contributed by atoms with van der Waals surface area (Å²) in [5.41, 5.74) is 9.70. The molecule has 0 bridgehead atoms. The van der Waals surface area contributed by atoms with Crippen LogP contribution in [0.5, 0.6) is 0 Å². The smallest absolute Gasteiger partial charge is 0.348 e. The van der Waals surface area contributed by atoms with Crippen molar-refractivity contribution >= 4 is 22.3 Å². The van der Waals surface area contributed by atoms with Gasteiger partial charge in [0.2, 0.25) is 0 Å². The van der Waals surface area contributed by atoms with Crippen molar-refractivity contribution in [3.05, 3.63) is 51.4 Å². The molecule has 6 heteroatoms. The molecule has 2 aromatic rings. The first-order valence-electron chi connectivity index (χ1n) is 7.91. The van der Waals surface area contributed by atoms with Gasteiger partial charge in [-0.15, -0.1) is 11.3 Å². The van der Waals surface area contributed by atoms with Gasteiger partial charge in [0.25, 0.3) is 0 Å². The molecule has 0 saturated carbocycles. The van der Waals surface area contributed by atoms with Crippen molar-refractivity contribution in [2.75, 3.05) is 18.9 Å². The molecule has 0 fully saturated rings. The summed E-state index contributed by atoms with van der Waals surface area (Å²) in [5.74, 6) is -0.400. The van der Waals surface area contributed by atoms with E-state index in [2.05, 4.69) is 29.2 Å². The normalized spacial score (nSPS) is 14.0. The molecule has 0 aliphatic carbocycles. The van der Waals surface area contributed by atoms with Crippen molar-refractivity contribution in [3.63, 3.8) is 0 Å². The zero-order valence-electron chi connectivity index (χ0n) is 13.5. The van der Waals surface area contributed by atoms with Gasteiger partial charge in [-0.3, -0.25) is 4.90 Å². The van der Waals surface area contributed by atoms with Crippen LogP contribution in [0.1, 0.15) is 38.8 Å². The van der Waals surface area contributed by atoms with Gasteiger partial charge in [0, 0.05) is 25.2 Å². The first-order valence-corrected chi connectivity index (χ1v) is 8.73. The number of thiophene rings is 1. The number of nitriles is 1. The van der Waals surface area contributed by atoms with Gasteiger partial charge < -0.3 is 10.5 Å². The number of rotatable bonds is 4. The molecular formula is C18H19N3O2S. The summed E-state index contributed by atoms with van der Waals surface area (Å²) in [7, 11) is 0. The van der Waals surface area contributed by atoms with Crippen LogP contribution in [0.3, 0.4) is 0 Å². The molecule has 0 saturated heterocycles. The van der Waals surface area contributed by atoms with E-state index in [0.717, 1.165) is 30.8 Å². The number of nitrogen functional groups attached to an aromatic ring is 1. The molecule has 1 aromatic heterocycles. The number of nitrogens with two attached hydrogens (primary N) is 1. The lowest BCUT2D eigenvalue weighted by molar-refractivity contribution is 0.0529. The zero-order valence-corrected chi connectivity index (χ0v) is 14.4. The van der Waals surface area contributed by atoms with Gasteiger partial charge in [-0.05, 0) is 24.5 Å². The van der Waals surface area contributed by atoms with Crippen molar-refractivity contribution in [2.24, 2.45) is 0 Å². The Balaban J connectivity index is 1.87. The summed E-state index contributed by atoms with van der Waals surface area (Å²) in [4.78, 5) is 14.9. The standard InChI is InChI=1S/C18H19N3O2S/c1-2-23-18(22)16-15(14(9-19)17(20)24-16)11-21-8-7-12-5-3-4-6-13(12)10-21/h3-6H,2,7-8,10-11,20H2,1H3. The first kappa shape index (κ1) is 16.5. The van der Waals surface area contributed by atoms with Crippen LogP contribution in [-0.2, 0) is 24.2 Å². The SMILES string of the molecule is CCOC(=O)c1sc(N)c(C#N)c1CN1CCc2ccccc2C1. The van der Waals surface area contributed by atoms with Crippen LogP contribution in [0.15, 0.2) is 24.3 Å². The summed E-state index contributed by atoms with van der Waals surface area (Å²) < 4.78 is 5.11. The second-order valence-corrected chi connectivity index (χ2v) is 6.76. The highest BCUT2D eigenvalue weighted by molar-refractivity contribution is 7.18. The van der Waals surface area contributed by atoms with Crippen LogP contribution in [0, 0.1) is 11.3 Å². The van der Waals surface area contributed by atoms with E-state index in [4.69, 9.17) is 10.5 Å². The Morgan fingerprint density at radius 2 is 2.17 bits per heavy atom. The molecule has 3 rings (SSSR count). The number of hydrogen-bond donors (Lipinski definition) is 1. The minimum absolute atomic E-state index is 0.301. The Labute approximate surface area is 145 Å². The average molecular weight is 341 g/mol. The molecule has 2 heterocycles. The van der Waals surface area contributed by atoms with E-state index in [1.807, 2.05) is 6.07 Å². The summed E-state index contributed by atoms with van der Waals surface area (Å²) in [6.07, 6.45) is 0.965. The Morgan fingerprint density at radius 1 is 1.42 bits per heavy atom. The van der Waals surface area contributed by atoms with E-state index in [-0.39, 0.29) is 0 Å². The van der Waals surface area contributed by atoms with E-state index in [9.17, 15) is 10.1 Å². The molecule has 0 unspecified atom stereocenters. The lowest BCUT2D eigenvalue weighted by Crippen LogP contribution is -2.30. The van der Waals surface area contributed by atoms with Crippen LogP contribution in [0.25, 0.3) is 0 Å². The fourth-order valence-corrected chi connectivity index (χ4v) is 3.96. The van der Waals surface area contributed by atoms with Crippen molar-refractivity contribution < 1.29 is 9.53 Å². The number of carbonyl (C=O) groups excluding carboxylic acids is 1. The predicted molar refractivity (Wildman–Crippen MR) is 93.7 cm³/mol. The minimum Gasteiger partial charge on any atom is -0.462 e. The summed E-state index contributed by atoms with van der Waals surface area (Å²) >= 11 is 1.14. The topological polar surface area (TPSA) is 79.3 Å². The third-order valence-electron chi connectivity index (χ3n) is 4.20. The third-order valence-corrected chi connectivity index (χ3v) is 5.24. The zero-order chi connectivity index (χ0) is 17.1. The van der Waals surface area contributed by atoms with E-state index in [1.165, 1.54) is 11.1 Å². The van der Waals surface area contributed by atoms with Gasteiger partial charge >= 0.3 is 5.97 Å². The molecular weight excluding hydrogens is 322 g/mol. The Hall–Kier alpha value is -2.36. The molecule has 2 N–H and O–H groups in total. The van der Waals surface area contributed by atoms with Gasteiger partial charge in [0.1, 0.15) is 15.9 Å². The fourth-order valence-electron chi connectivity index (χ4n) is 3.03. The molecule has 1 aliphatic rings. The van der Waals surface area contributed by atoms with E-state index < -0.39 is 5.97 Å². The highest BCUT2D eigenvalue weighted by Crippen LogP contribution is 2.33. The maximum Gasteiger partial charge on any atom is 0.348 e. The number of anilines is 1. The van der Waals surface area contributed by atoms with E-state index in [1.54, 1.807) is 6.92 Å². The Kier molecular flexibility index (Phi) is 4.84. The van der Waals surface area contributed by atoms with Crippen molar-refractivity contribution in [1.82, 2.24) is 4.90 Å². The first-order chi connectivity index (χ1) is 11.6. The van der Waals surface area contributed by atoms with Crippen molar-refractivity contribution in [3.8, 4) is 6.07 Å². The lowest BCUT2D eigenvalue weighted by Gasteiger charge is -2.28. The number of nitrogens with zero attached hydrogens (tertiary/aromatic N) is 2. The third kappa shape index (κ3) is 3.14. The minimum atomic E-state index is -0.400. The molecule has 0 spiro atoms. The molecule has 0 radical (unpaired) electrons. The second-order valence-electron chi connectivity index (χ2n) is 5.71. The number of fused-ring (bicyclic) bond motifs is 1. The molecule has 0 amide bonds. The van der Waals surface area contributed by atoms with Gasteiger partial charge in [-0.2, -0.15) is 5.26 Å². The number of esters is 1. The summed E-state index contributed by atoms with van der Waals surface area (Å²) in [6.45, 7) is 4.29. The maximum atomic E-state index is 12.2. The van der Waals surface area contributed by atoms with E-state index >= 15 is 0 Å². The fraction of sp³-hybridized carbons (Fsp3) is 0.333. The van der Waals surface area contributed by atoms with Gasteiger partial charge in [0.05, 0.1) is 12.2 Å². The molecule has 1 aliphatic heterocycles.